The molecule has 2 aromatic heterocycles. The Hall–Kier alpha value is -1.14. The predicted octanol–water partition coefficient (Wildman–Crippen LogP) is 1.01. The van der Waals surface area contributed by atoms with Gasteiger partial charge in [0.25, 0.3) is 0 Å². The van der Waals surface area contributed by atoms with Crippen molar-refractivity contribution in [2.45, 2.75) is 4.90 Å². The third kappa shape index (κ3) is 1.36. The maximum absolute atomic E-state index is 11.3. The lowest BCUT2D eigenvalue weighted by Crippen LogP contribution is -1.96. The molecule has 0 saturated heterocycles. The second-order valence-electron chi connectivity index (χ2n) is 2.81. The lowest BCUT2D eigenvalue weighted by Gasteiger charge is -1.95. The third-order valence-corrected chi connectivity index (χ3v) is 3.19. The molecule has 0 aliphatic rings. The monoisotopic (exact) mass is 231 g/mol. The summed E-state index contributed by atoms with van der Waals surface area (Å²) >= 11 is 5.77. The average molecular weight is 232 g/mol. The van der Waals surface area contributed by atoms with Crippen molar-refractivity contribution < 1.29 is 8.42 Å². The Kier molecular flexibility index (Phi) is 1.97. The fraction of sp³-hybridized carbons (Fsp3) is 0.143. The van der Waals surface area contributed by atoms with Gasteiger partial charge in [-0.2, -0.15) is 0 Å². The molecule has 0 amide bonds. The van der Waals surface area contributed by atoms with Gasteiger partial charge in [-0.1, -0.05) is 11.6 Å². The molecule has 7 heteroatoms. The van der Waals surface area contributed by atoms with Gasteiger partial charge in [-0.05, 0) is 0 Å². The molecule has 0 unspecified atom stereocenters. The van der Waals surface area contributed by atoms with Crippen molar-refractivity contribution in [2.75, 3.05) is 6.26 Å². The van der Waals surface area contributed by atoms with Crippen LogP contribution in [0.15, 0.2) is 17.4 Å². The van der Waals surface area contributed by atoms with E-state index >= 15 is 0 Å². The smallest absolute Gasteiger partial charge is 0.177 e. The molecule has 74 valence electrons. The van der Waals surface area contributed by atoms with Crippen LogP contribution in [0.1, 0.15) is 0 Å². The zero-order valence-corrected chi connectivity index (χ0v) is 8.72. The molecule has 2 aromatic rings. The van der Waals surface area contributed by atoms with Crippen LogP contribution in [-0.4, -0.2) is 29.6 Å². The maximum Gasteiger partial charge on any atom is 0.177 e. The van der Waals surface area contributed by atoms with Crippen molar-refractivity contribution in [2.24, 2.45) is 0 Å². The Morgan fingerprint density at radius 1 is 1.43 bits per heavy atom. The van der Waals surface area contributed by atoms with E-state index in [-0.39, 0.29) is 10.0 Å². The summed E-state index contributed by atoms with van der Waals surface area (Å²) in [5.41, 5.74) is 0.422. The third-order valence-electron chi connectivity index (χ3n) is 1.79. The Bertz CT molecular complexity index is 590. The maximum atomic E-state index is 11.3. The van der Waals surface area contributed by atoms with E-state index in [0.717, 1.165) is 6.26 Å². The summed E-state index contributed by atoms with van der Waals surface area (Å²) in [6, 6.07) is 0. The van der Waals surface area contributed by atoms with E-state index in [1.807, 2.05) is 0 Å². The molecule has 0 aromatic carbocycles. The molecule has 0 spiro atoms. The molecular formula is C7H6ClN3O2S. The molecule has 0 aliphatic heterocycles. The van der Waals surface area contributed by atoms with Gasteiger partial charge in [0, 0.05) is 12.5 Å². The number of H-pyrrole nitrogens is 1. The highest BCUT2D eigenvalue weighted by atomic mass is 35.5. The van der Waals surface area contributed by atoms with Gasteiger partial charge in [0.1, 0.15) is 17.1 Å². The number of aromatic amines is 1. The van der Waals surface area contributed by atoms with Crippen LogP contribution in [0.25, 0.3) is 11.0 Å². The second-order valence-corrected chi connectivity index (χ2v) is 5.16. The Labute approximate surface area is 85.1 Å². The summed E-state index contributed by atoms with van der Waals surface area (Å²) in [4.78, 5) is 10.4. The van der Waals surface area contributed by atoms with Gasteiger partial charge in [-0.3, -0.25) is 0 Å². The number of rotatable bonds is 1. The van der Waals surface area contributed by atoms with Crippen LogP contribution >= 0.6 is 11.6 Å². The number of sulfone groups is 1. The summed E-state index contributed by atoms with van der Waals surface area (Å²) < 4.78 is 22.7. The molecule has 0 radical (unpaired) electrons. The van der Waals surface area contributed by atoms with Gasteiger partial charge in [0.2, 0.25) is 0 Å². The topological polar surface area (TPSA) is 75.7 Å². The van der Waals surface area contributed by atoms with Gasteiger partial charge in [-0.25, -0.2) is 18.4 Å². The first kappa shape index (κ1) is 9.42. The minimum absolute atomic E-state index is 0.123. The van der Waals surface area contributed by atoms with Gasteiger partial charge in [-0.15, -0.1) is 0 Å². The lowest BCUT2D eigenvalue weighted by molar-refractivity contribution is 0.602. The van der Waals surface area contributed by atoms with E-state index in [1.54, 1.807) is 0 Å². The normalized spacial score (nSPS) is 12.1. The number of fused-ring (bicyclic) bond motifs is 1. The minimum Gasteiger partial charge on any atom is -0.345 e. The fourth-order valence-corrected chi connectivity index (χ4v) is 2.32. The molecule has 0 saturated carbocycles. The van der Waals surface area contributed by atoms with Crippen LogP contribution in [0, 0.1) is 0 Å². The number of hydrogen-bond acceptors (Lipinski definition) is 4. The number of nitrogens with one attached hydrogen (secondary N) is 1. The number of hydrogen-bond donors (Lipinski definition) is 1. The minimum atomic E-state index is -3.30. The van der Waals surface area contributed by atoms with Crippen LogP contribution in [0.3, 0.4) is 0 Å². The zero-order valence-electron chi connectivity index (χ0n) is 7.15. The van der Waals surface area contributed by atoms with Crippen LogP contribution in [0.4, 0.5) is 0 Å². The van der Waals surface area contributed by atoms with Gasteiger partial charge < -0.3 is 4.98 Å². The van der Waals surface area contributed by atoms with Crippen molar-refractivity contribution in [3.63, 3.8) is 0 Å². The summed E-state index contributed by atoms with van der Waals surface area (Å²) in [5, 5.41) is 0.480. The molecule has 0 atom stereocenters. The summed E-state index contributed by atoms with van der Waals surface area (Å²) in [5.74, 6) is 0. The van der Waals surface area contributed by atoms with E-state index in [4.69, 9.17) is 11.6 Å². The Balaban J connectivity index is 2.94. The molecule has 0 bridgehead atoms. The standard InChI is InChI=1S/C7H6ClN3O2S/c1-14(12,13)4-2-9-7-5(4)6(8)10-3-11-7/h2-3H,1H3,(H,9,10,11). The van der Waals surface area contributed by atoms with Crippen LogP contribution in [-0.2, 0) is 9.84 Å². The van der Waals surface area contributed by atoms with Crippen molar-refractivity contribution in [1.82, 2.24) is 15.0 Å². The first-order valence-corrected chi connectivity index (χ1v) is 5.95. The highest BCUT2D eigenvalue weighted by Gasteiger charge is 2.17. The van der Waals surface area contributed by atoms with Crippen molar-refractivity contribution in [3.05, 3.63) is 17.7 Å². The number of aromatic nitrogens is 3. The lowest BCUT2D eigenvalue weighted by atomic mass is 10.4. The average Bonchev–Trinajstić information content (AvgIpc) is 2.47. The summed E-state index contributed by atoms with van der Waals surface area (Å²) in [7, 11) is -3.30. The molecule has 2 heterocycles. The quantitative estimate of drug-likeness (QED) is 0.744. The number of halogens is 1. The van der Waals surface area contributed by atoms with E-state index in [2.05, 4.69) is 15.0 Å². The predicted molar refractivity (Wildman–Crippen MR) is 52.0 cm³/mol. The van der Waals surface area contributed by atoms with Crippen LogP contribution in [0.2, 0.25) is 5.15 Å². The molecule has 0 fully saturated rings. The fourth-order valence-electron chi connectivity index (χ4n) is 1.19. The molecular weight excluding hydrogens is 226 g/mol. The Morgan fingerprint density at radius 2 is 2.14 bits per heavy atom. The summed E-state index contributed by atoms with van der Waals surface area (Å²) in [6.07, 6.45) is 3.74. The highest BCUT2D eigenvalue weighted by Crippen LogP contribution is 2.26. The first-order valence-electron chi connectivity index (χ1n) is 3.68. The van der Waals surface area contributed by atoms with Gasteiger partial charge >= 0.3 is 0 Å². The van der Waals surface area contributed by atoms with Crippen molar-refractivity contribution in [3.8, 4) is 0 Å². The Morgan fingerprint density at radius 3 is 2.79 bits per heavy atom. The molecule has 14 heavy (non-hydrogen) atoms. The van der Waals surface area contributed by atoms with E-state index < -0.39 is 9.84 Å². The zero-order chi connectivity index (χ0) is 10.3. The molecule has 5 nitrogen and oxygen atoms in total. The summed E-state index contributed by atoms with van der Waals surface area (Å²) in [6.45, 7) is 0. The second kappa shape index (κ2) is 2.93. The first-order chi connectivity index (χ1) is 6.50. The van der Waals surface area contributed by atoms with Crippen molar-refractivity contribution in [1.29, 1.82) is 0 Å². The van der Waals surface area contributed by atoms with Gasteiger partial charge in [0.05, 0.1) is 10.3 Å². The molecule has 0 aliphatic carbocycles. The van der Waals surface area contributed by atoms with Crippen LogP contribution in [0.5, 0.6) is 0 Å². The van der Waals surface area contributed by atoms with E-state index in [9.17, 15) is 8.42 Å². The van der Waals surface area contributed by atoms with Crippen LogP contribution < -0.4 is 0 Å². The van der Waals surface area contributed by atoms with Crippen molar-refractivity contribution >= 4 is 32.5 Å². The van der Waals surface area contributed by atoms with Gasteiger partial charge in [0.15, 0.2) is 9.84 Å². The highest BCUT2D eigenvalue weighted by molar-refractivity contribution is 7.91. The molecule has 1 N–H and O–H groups in total. The van der Waals surface area contributed by atoms with E-state index in [0.29, 0.717) is 11.0 Å². The largest absolute Gasteiger partial charge is 0.345 e. The molecule has 2 rings (SSSR count). The number of nitrogens with zero attached hydrogens (tertiary/aromatic N) is 2. The SMILES string of the molecule is CS(=O)(=O)c1c[nH]c2ncnc(Cl)c12. The van der Waals surface area contributed by atoms with E-state index in [1.165, 1.54) is 12.5 Å².